The molecular weight excluding hydrogens is 264 g/mol. The quantitative estimate of drug-likeness (QED) is 0.675. The van der Waals surface area contributed by atoms with Gasteiger partial charge < -0.3 is 10.1 Å². The lowest BCUT2D eigenvalue weighted by atomic mass is 10.1. The molecule has 0 aliphatic rings. The molecular formula is C9H11BrN2O3. The molecule has 0 saturated carbocycles. The van der Waals surface area contributed by atoms with Gasteiger partial charge in [-0.25, -0.2) is 0 Å². The van der Waals surface area contributed by atoms with Crippen molar-refractivity contribution < 1.29 is 9.66 Å². The van der Waals surface area contributed by atoms with Gasteiger partial charge in [0.25, 0.3) is 0 Å². The maximum atomic E-state index is 10.9. The molecule has 1 rings (SSSR count). The smallest absolute Gasteiger partial charge is 0.316 e. The first-order valence-electron chi connectivity index (χ1n) is 4.26. The molecule has 82 valence electrons. The Morgan fingerprint density at radius 3 is 2.73 bits per heavy atom. The third-order valence-electron chi connectivity index (χ3n) is 1.94. The van der Waals surface area contributed by atoms with Gasteiger partial charge in [0.2, 0.25) is 0 Å². The minimum Gasteiger partial charge on any atom is -0.490 e. The van der Waals surface area contributed by atoms with Crippen molar-refractivity contribution in [2.75, 3.05) is 14.2 Å². The van der Waals surface area contributed by atoms with Crippen molar-refractivity contribution in [3.8, 4) is 5.75 Å². The molecule has 0 aromatic heterocycles. The normalized spacial score (nSPS) is 10.1. The van der Waals surface area contributed by atoms with Crippen LogP contribution >= 0.6 is 15.9 Å². The maximum Gasteiger partial charge on any atom is 0.316 e. The van der Waals surface area contributed by atoms with Crippen molar-refractivity contribution in [3.63, 3.8) is 0 Å². The Kier molecular flexibility index (Phi) is 4.05. The molecule has 0 aliphatic heterocycles. The Bertz CT molecular complexity index is 382. The second kappa shape index (κ2) is 5.09. The van der Waals surface area contributed by atoms with Crippen LogP contribution in [0, 0.1) is 10.1 Å². The second-order valence-electron chi connectivity index (χ2n) is 2.86. The van der Waals surface area contributed by atoms with Gasteiger partial charge in [0.05, 0.1) is 17.6 Å². The van der Waals surface area contributed by atoms with E-state index >= 15 is 0 Å². The molecule has 5 nitrogen and oxygen atoms in total. The number of hydrogen-bond donors (Lipinski definition) is 1. The number of ether oxygens (including phenoxy) is 1. The van der Waals surface area contributed by atoms with Crippen LogP contribution in [-0.4, -0.2) is 19.1 Å². The minimum atomic E-state index is -0.434. The monoisotopic (exact) mass is 274 g/mol. The van der Waals surface area contributed by atoms with E-state index in [9.17, 15) is 10.1 Å². The summed E-state index contributed by atoms with van der Waals surface area (Å²) >= 11 is 3.28. The SMILES string of the molecule is CNCc1c(Br)ccc(OC)c1[N+](=O)[O-]. The lowest BCUT2D eigenvalue weighted by molar-refractivity contribution is -0.386. The summed E-state index contributed by atoms with van der Waals surface area (Å²) in [6.07, 6.45) is 0. The molecule has 0 spiro atoms. The molecule has 6 heteroatoms. The number of nitrogens with one attached hydrogen (secondary N) is 1. The topological polar surface area (TPSA) is 64.4 Å². The number of halogens is 1. The van der Waals surface area contributed by atoms with Crippen molar-refractivity contribution in [2.24, 2.45) is 0 Å². The molecule has 0 bridgehead atoms. The van der Waals surface area contributed by atoms with Crippen molar-refractivity contribution in [1.82, 2.24) is 5.32 Å². The molecule has 0 radical (unpaired) electrons. The van der Waals surface area contributed by atoms with Crippen molar-refractivity contribution in [1.29, 1.82) is 0 Å². The van der Waals surface area contributed by atoms with E-state index in [1.807, 2.05) is 0 Å². The molecule has 0 aliphatic carbocycles. The van der Waals surface area contributed by atoms with E-state index in [2.05, 4.69) is 21.2 Å². The number of nitro benzene ring substituents is 1. The van der Waals surface area contributed by atoms with Crippen LogP contribution < -0.4 is 10.1 Å². The van der Waals surface area contributed by atoms with Gasteiger partial charge in [0.1, 0.15) is 0 Å². The molecule has 1 aromatic carbocycles. The lowest BCUT2D eigenvalue weighted by Gasteiger charge is -2.08. The Labute approximate surface area is 95.7 Å². The Morgan fingerprint density at radius 1 is 1.60 bits per heavy atom. The van der Waals surface area contributed by atoms with Crippen molar-refractivity contribution in [3.05, 3.63) is 32.3 Å². The van der Waals surface area contributed by atoms with Gasteiger partial charge in [0, 0.05) is 11.0 Å². The standard InChI is InChI=1S/C9H11BrN2O3/c1-11-5-6-7(10)3-4-8(15-2)9(6)12(13)14/h3-4,11H,5H2,1-2H3. The molecule has 0 saturated heterocycles. The van der Waals surface area contributed by atoms with Gasteiger partial charge in [-0.2, -0.15) is 0 Å². The molecule has 15 heavy (non-hydrogen) atoms. The zero-order valence-electron chi connectivity index (χ0n) is 8.41. The molecule has 0 amide bonds. The number of rotatable bonds is 4. The number of hydrogen-bond acceptors (Lipinski definition) is 4. The van der Waals surface area contributed by atoms with Crippen LogP contribution in [0.3, 0.4) is 0 Å². The van der Waals surface area contributed by atoms with Crippen molar-refractivity contribution >= 4 is 21.6 Å². The summed E-state index contributed by atoms with van der Waals surface area (Å²) in [6.45, 7) is 0.411. The van der Waals surface area contributed by atoms with E-state index in [1.165, 1.54) is 7.11 Å². The molecule has 0 unspecified atom stereocenters. The Morgan fingerprint density at radius 2 is 2.27 bits per heavy atom. The van der Waals surface area contributed by atoms with E-state index in [0.29, 0.717) is 16.6 Å². The third-order valence-corrected chi connectivity index (χ3v) is 2.69. The van der Waals surface area contributed by atoms with Gasteiger partial charge in [0.15, 0.2) is 5.75 Å². The molecule has 0 heterocycles. The fraction of sp³-hybridized carbons (Fsp3) is 0.333. The molecule has 1 N–H and O–H groups in total. The molecule has 1 aromatic rings. The predicted molar refractivity (Wildman–Crippen MR) is 60.1 cm³/mol. The highest BCUT2D eigenvalue weighted by molar-refractivity contribution is 9.10. The fourth-order valence-corrected chi connectivity index (χ4v) is 1.76. The van der Waals surface area contributed by atoms with Crippen LogP contribution in [0.15, 0.2) is 16.6 Å². The van der Waals surface area contributed by atoms with Crippen LogP contribution in [0.1, 0.15) is 5.56 Å². The van der Waals surface area contributed by atoms with E-state index in [0.717, 1.165) is 0 Å². The zero-order chi connectivity index (χ0) is 11.4. The highest BCUT2D eigenvalue weighted by Gasteiger charge is 2.22. The number of methoxy groups -OCH3 is 1. The number of nitro groups is 1. The van der Waals surface area contributed by atoms with Gasteiger partial charge >= 0.3 is 5.69 Å². The summed E-state index contributed by atoms with van der Waals surface area (Å²) in [6, 6.07) is 3.31. The summed E-state index contributed by atoms with van der Waals surface area (Å²) in [4.78, 5) is 10.5. The summed E-state index contributed by atoms with van der Waals surface area (Å²) in [5.41, 5.74) is 0.586. The summed E-state index contributed by atoms with van der Waals surface area (Å²) in [5.74, 6) is 0.272. The number of nitrogens with zero attached hydrogens (tertiary/aromatic N) is 1. The lowest BCUT2D eigenvalue weighted by Crippen LogP contribution is -2.09. The zero-order valence-corrected chi connectivity index (χ0v) is 10.00. The van der Waals surface area contributed by atoms with Gasteiger partial charge in [-0.3, -0.25) is 10.1 Å². The Hall–Kier alpha value is -1.14. The first-order chi connectivity index (χ1) is 7.11. The van der Waals surface area contributed by atoms with Crippen molar-refractivity contribution in [2.45, 2.75) is 6.54 Å². The summed E-state index contributed by atoms with van der Waals surface area (Å²) in [5, 5.41) is 13.8. The van der Waals surface area contributed by atoms with Gasteiger partial charge in [-0.1, -0.05) is 15.9 Å². The van der Waals surface area contributed by atoms with Crippen LogP contribution in [0.4, 0.5) is 5.69 Å². The first-order valence-corrected chi connectivity index (χ1v) is 5.05. The van der Waals surface area contributed by atoms with Gasteiger partial charge in [-0.05, 0) is 19.2 Å². The molecule has 0 atom stereocenters. The maximum absolute atomic E-state index is 10.9. The van der Waals surface area contributed by atoms with E-state index in [4.69, 9.17) is 4.74 Å². The van der Waals surface area contributed by atoms with Gasteiger partial charge in [-0.15, -0.1) is 0 Å². The highest BCUT2D eigenvalue weighted by Crippen LogP contribution is 2.35. The molecule has 0 fully saturated rings. The minimum absolute atomic E-state index is 0.00113. The second-order valence-corrected chi connectivity index (χ2v) is 3.72. The predicted octanol–water partition coefficient (Wildman–Crippen LogP) is 2.09. The third kappa shape index (κ3) is 2.45. The average molecular weight is 275 g/mol. The van der Waals surface area contributed by atoms with Crippen LogP contribution in [0.25, 0.3) is 0 Å². The van der Waals surface area contributed by atoms with Crippen LogP contribution in [0.5, 0.6) is 5.75 Å². The van der Waals surface area contributed by atoms with E-state index in [-0.39, 0.29) is 11.4 Å². The average Bonchev–Trinajstić information content (AvgIpc) is 2.20. The fourth-order valence-electron chi connectivity index (χ4n) is 1.30. The van der Waals surface area contributed by atoms with E-state index in [1.54, 1.807) is 19.2 Å². The Balaban J connectivity index is 3.36. The summed E-state index contributed by atoms with van der Waals surface area (Å²) < 4.78 is 5.66. The first kappa shape index (κ1) is 11.9. The highest BCUT2D eigenvalue weighted by atomic mass is 79.9. The van der Waals surface area contributed by atoms with Crippen LogP contribution in [0.2, 0.25) is 0 Å². The van der Waals surface area contributed by atoms with Crippen LogP contribution in [-0.2, 0) is 6.54 Å². The van der Waals surface area contributed by atoms with E-state index < -0.39 is 4.92 Å². The largest absolute Gasteiger partial charge is 0.490 e. The number of benzene rings is 1. The summed E-state index contributed by atoms with van der Waals surface area (Å²) in [7, 11) is 3.15.